The predicted molar refractivity (Wildman–Crippen MR) is 119 cm³/mol. The Morgan fingerprint density at radius 2 is 2.00 bits per heavy atom. The van der Waals surface area contributed by atoms with Gasteiger partial charge in [0.25, 0.3) is 0 Å². The highest BCUT2D eigenvalue weighted by Crippen LogP contribution is 2.34. The number of ether oxygens (including phenoxy) is 2. The predicted octanol–water partition coefficient (Wildman–Crippen LogP) is 5.53. The minimum atomic E-state index is 0.0588. The van der Waals surface area contributed by atoms with Crippen LogP contribution in [0.5, 0.6) is 11.5 Å². The Labute approximate surface area is 179 Å². The quantitative estimate of drug-likeness (QED) is 0.448. The van der Waals surface area contributed by atoms with Gasteiger partial charge < -0.3 is 19.2 Å². The molecule has 4 aromatic rings. The minimum absolute atomic E-state index is 0.0588. The molecule has 0 fully saturated rings. The topological polar surface area (TPSA) is 85.4 Å². The third-order valence-electron chi connectivity index (χ3n) is 4.96. The lowest BCUT2D eigenvalue weighted by atomic mass is 10.1. The first kappa shape index (κ1) is 19.0. The molecule has 0 aliphatic carbocycles. The Kier molecular flexibility index (Phi) is 4.74. The first-order valence-corrected chi connectivity index (χ1v) is 10.1. The van der Waals surface area contributed by atoms with E-state index < -0.39 is 0 Å². The lowest BCUT2D eigenvalue weighted by molar-refractivity contribution is 0.230. The van der Waals surface area contributed by atoms with Gasteiger partial charge in [0.15, 0.2) is 23.0 Å². The van der Waals surface area contributed by atoms with Gasteiger partial charge in [0, 0.05) is 41.5 Å². The van der Waals surface area contributed by atoms with Gasteiger partial charge in [0.05, 0.1) is 31.1 Å². The summed E-state index contributed by atoms with van der Waals surface area (Å²) in [6, 6.07) is 11.8. The molecule has 2 aromatic heterocycles. The largest absolute Gasteiger partial charge is 0.493 e. The highest BCUT2D eigenvalue weighted by Gasteiger charge is 2.14. The molecule has 8 heteroatoms. The molecule has 8 nitrogen and oxygen atoms in total. The first-order chi connectivity index (χ1) is 15.1. The Hall–Kier alpha value is -3.94. The van der Waals surface area contributed by atoms with E-state index in [2.05, 4.69) is 26.6 Å². The van der Waals surface area contributed by atoms with Crippen LogP contribution in [0.3, 0.4) is 0 Å². The van der Waals surface area contributed by atoms with Crippen molar-refractivity contribution in [1.29, 1.82) is 0 Å². The molecule has 156 valence electrons. The molecule has 0 radical (unpaired) electrons. The van der Waals surface area contributed by atoms with Crippen LogP contribution in [0.1, 0.15) is 19.4 Å². The summed E-state index contributed by atoms with van der Waals surface area (Å²) in [7, 11) is 1.63. The Morgan fingerprint density at radius 3 is 2.84 bits per heavy atom. The lowest BCUT2D eigenvalue weighted by Gasteiger charge is -2.15. The van der Waals surface area contributed by atoms with E-state index >= 15 is 0 Å². The average Bonchev–Trinajstić information content (AvgIpc) is 3.43. The molecule has 0 unspecified atom stereocenters. The first-order valence-electron chi connectivity index (χ1n) is 10.1. The maximum atomic E-state index is 5.81. The number of nitrogens with one attached hydrogen (secondary N) is 1. The van der Waals surface area contributed by atoms with Crippen LogP contribution < -0.4 is 14.8 Å². The molecule has 1 N–H and O–H groups in total. The van der Waals surface area contributed by atoms with Crippen LogP contribution in [0.4, 0.5) is 17.2 Å². The van der Waals surface area contributed by atoms with E-state index in [4.69, 9.17) is 14.5 Å². The van der Waals surface area contributed by atoms with Gasteiger partial charge in [-0.1, -0.05) is 6.07 Å². The molecule has 0 bridgehead atoms. The molecule has 0 amide bonds. The van der Waals surface area contributed by atoms with Crippen molar-refractivity contribution in [2.24, 2.45) is 10.2 Å². The summed E-state index contributed by atoms with van der Waals surface area (Å²) in [5.41, 5.74) is 5.41. The highest BCUT2D eigenvalue weighted by molar-refractivity contribution is 5.75. The SMILES string of the molecule is COc1cc(Nc2nc(-c3ccc4c(c3)CN=N4)cn3ccnc23)ccc1OC(C)C. The normalized spacial score (nSPS) is 12.4. The highest BCUT2D eigenvalue weighted by atomic mass is 16.5. The van der Waals surface area contributed by atoms with Crippen molar-refractivity contribution in [3.05, 3.63) is 60.6 Å². The monoisotopic (exact) mass is 414 g/mol. The number of azo groups is 1. The standard InChI is InChI=1S/C23H22N6O2/c1-14(2)31-20-7-5-17(11-21(20)30-3)26-22-23-24-8-9-29(23)13-19(27-22)15-4-6-18-16(10-15)12-25-28-18/h4-11,13-14H,12H2,1-3H3,(H,26,27). The van der Waals surface area contributed by atoms with Crippen LogP contribution >= 0.6 is 0 Å². The fraction of sp³-hybridized carbons (Fsp3) is 0.217. The number of aromatic nitrogens is 3. The van der Waals surface area contributed by atoms with Crippen LogP contribution in [0.25, 0.3) is 16.9 Å². The summed E-state index contributed by atoms with van der Waals surface area (Å²) in [5, 5.41) is 11.6. The molecule has 3 heterocycles. The van der Waals surface area contributed by atoms with Crippen LogP contribution in [-0.2, 0) is 6.54 Å². The van der Waals surface area contributed by atoms with Crippen molar-refractivity contribution in [1.82, 2.24) is 14.4 Å². The zero-order chi connectivity index (χ0) is 21.4. The third kappa shape index (κ3) is 3.68. The van der Waals surface area contributed by atoms with Gasteiger partial charge in [-0.2, -0.15) is 10.2 Å². The van der Waals surface area contributed by atoms with E-state index in [1.54, 1.807) is 13.3 Å². The van der Waals surface area contributed by atoms with Crippen molar-refractivity contribution < 1.29 is 9.47 Å². The molecule has 0 saturated carbocycles. The van der Waals surface area contributed by atoms with E-state index in [0.29, 0.717) is 23.9 Å². The van der Waals surface area contributed by atoms with Crippen LogP contribution in [0.15, 0.2) is 65.2 Å². The molecule has 0 spiro atoms. The second kappa shape index (κ2) is 7.71. The van der Waals surface area contributed by atoms with Crippen molar-refractivity contribution in [2.75, 3.05) is 12.4 Å². The Morgan fingerprint density at radius 1 is 1.10 bits per heavy atom. The van der Waals surface area contributed by atoms with Gasteiger partial charge in [-0.25, -0.2) is 9.97 Å². The molecule has 5 rings (SSSR count). The van der Waals surface area contributed by atoms with Gasteiger partial charge >= 0.3 is 0 Å². The number of imidazole rings is 1. The summed E-state index contributed by atoms with van der Waals surface area (Å²) >= 11 is 0. The Bertz CT molecular complexity index is 1290. The fourth-order valence-electron chi connectivity index (χ4n) is 3.54. The average molecular weight is 414 g/mol. The van der Waals surface area contributed by atoms with Crippen molar-refractivity contribution >= 4 is 22.8 Å². The molecule has 1 aliphatic heterocycles. The molecular formula is C23H22N6O2. The molecule has 0 atom stereocenters. The summed E-state index contributed by atoms with van der Waals surface area (Å²) in [5.74, 6) is 2.00. The number of anilines is 2. The molecular weight excluding hydrogens is 392 g/mol. The number of rotatable bonds is 6. The summed E-state index contributed by atoms with van der Waals surface area (Å²) in [6.07, 6.45) is 5.69. The van der Waals surface area contributed by atoms with Gasteiger partial charge in [0.2, 0.25) is 0 Å². The summed E-state index contributed by atoms with van der Waals surface area (Å²) < 4.78 is 13.3. The zero-order valence-corrected chi connectivity index (χ0v) is 17.5. The van der Waals surface area contributed by atoms with E-state index in [-0.39, 0.29) is 6.10 Å². The van der Waals surface area contributed by atoms with Gasteiger partial charge in [-0.3, -0.25) is 0 Å². The molecule has 0 saturated heterocycles. The number of hydrogen-bond donors (Lipinski definition) is 1. The molecule has 2 aromatic carbocycles. The number of hydrogen-bond acceptors (Lipinski definition) is 7. The minimum Gasteiger partial charge on any atom is -0.493 e. The van der Waals surface area contributed by atoms with Gasteiger partial charge in [0.1, 0.15) is 0 Å². The summed E-state index contributed by atoms with van der Waals surface area (Å²) in [6.45, 7) is 4.57. The lowest BCUT2D eigenvalue weighted by Crippen LogP contribution is -2.07. The van der Waals surface area contributed by atoms with E-state index in [1.165, 1.54) is 0 Å². The second-order valence-corrected chi connectivity index (χ2v) is 7.53. The molecule has 1 aliphatic rings. The van der Waals surface area contributed by atoms with Crippen molar-refractivity contribution in [3.63, 3.8) is 0 Å². The maximum Gasteiger partial charge on any atom is 0.180 e. The summed E-state index contributed by atoms with van der Waals surface area (Å²) in [4.78, 5) is 9.32. The maximum absolute atomic E-state index is 5.81. The van der Waals surface area contributed by atoms with E-state index in [9.17, 15) is 0 Å². The number of methoxy groups -OCH3 is 1. The smallest absolute Gasteiger partial charge is 0.180 e. The van der Waals surface area contributed by atoms with E-state index in [1.807, 2.05) is 61.0 Å². The zero-order valence-electron chi connectivity index (χ0n) is 17.5. The number of fused-ring (bicyclic) bond motifs is 2. The van der Waals surface area contributed by atoms with E-state index in [0.717, 1.165) is 33.8 Å². The fourth-order valence-corrected chi connectivity index (χ4v) is 3.54. The Balaban J connectivity index is 1.52. The second-order valence-electron chi connectivity index (χ2n) is 7.53. The van der Waals surface area contributed by atoms with Crippen LogP contribution in [-0.4, -0.2) is 27.6 Å². The third-order valence-corrected chi connectivity index (χ3v) is 4.96. The van der Waals surface area contributed by atoms with Crippen LogP contribution in [0.2, 0.25) is 0 Å². The van der Waals surface area contributed by atoms with Crippen molar-refractivity contribution in [2.45, 2.75) is 26.5 Å². The van der Waals surface area contributed by atoms with Crippen LogP contribution in [0, 0.1) is 0 Å². The van der Waals surface area contributed by atoms with Gasteiger partial charge in [-0.15, -0.1) is 0 Å². The van der Waals surface area contributed by atoms with Crippen molar-refractivity contribution in [3.8, 4) is 22.8 Å². The number of benzene rings is 2. The molecule has 31 heavy (non-hydrogen) atoms. The van der Waals surface area contributed by atoms with Gasteiger partial charge in [-0.05, 0) is 38.1 Å². The number of nitrogens with zero attached hydrogens (tertiary/aromatic N) is 5.